The number of rotatable bonds is 6. The molecule has 0 atom stereocenters. The van der Waals surface area contributed by atoms with Crippen LogP contribution in [-0.2, 0) is 6.54 Å². The molecule has 1 aliphatic heterocycles. The molecule has 2 rings (SSSR count). The van der Waals surface area contributed by atoms with Crippen LogP contribution in [0.4, 0.5) is 4.39 Å². The van der Waals surface area contributed by atoms with Crippen molar-refractivity contribution in [3.8, 4) is 0 Å². The molecule has 1 N–H and O–H groups in total. The Morgan fingerprint density at radius 1 is 1.40 bits per heavy atom. The minimum absolute atomic E-state index is 0.254. The van der Waals surface area contributed by atoms with Crippen LogP contribution in [0.15, 0.2) is 18.2 Å². The van der Waals surface area contributed by atoms with E-state index in [1.165, 1.54) is 38.1 Å². The third kappa shape index (κ3) is 4.02. The molecule has 5 heteroatoms. The largest absolute Gasteiger partial charge is 0.478 e. The fourth-order valence-electron chi connectivity index (χ4n) is 2.54. The monoisotopic (exact) mass is 280 g/mol. The van der Waals surface area contributed by atoms with E-state index in [2.05, 4.69) is 9.80 Å². The van der Waals surface area contributed by atoms with Gasteiger partial charge in [-0.3, -0.25) is 0 Å². The van der Waals surface area contributed by atoms with Crippen molar-refractivity contribution in [1.82, 2.24) is 9.80 Å². The summed E-state index contributed by atoms with van der Waals surface area (Å²) in [5.74, 6) is -1.90. The number of carboxylic acid groups (broad SMARTS) is 1. The van der Waals surface area contributed by atoms with E-state index in [0.29, 0.717) is 6.54 Å². The van der Waals surface area contributed by atoms with Crippen LogP contribution in [0.3, 0.4) is 0 Å². The van der Waals surface area contributed by atoms with Crippen LogP contribution in [0.5, 0.6) is 0 Å². The predicted molar refractivity (Wildman–Crippen MR) is 75.4 cm³/mol. The lowest BCUT2D eigenvalue weighted by Gasteiger charge is -2.21. The van der Waals surface area contributed by atoms with Gasteiger partial charge in [0, 0.05) is 19.6 Å². The zero-order valence-corrected chi connectivity index (χ0v) is 11.8. The average molecular weight is 280 g/mol. The molecule has 1 heterocycles. The zero-order chi connectivity index (χ0) is 14.5. The molecule has 0 bridgehead atoms. The molecule has 1 aliphatic rings. The van der Waals surface area contributed by atoms with Crippen molar-refractivity contribution >= 4 is 5.97 Å². The normalized spacial score (nSPS) is 15.9. The summed E-state index contributed by atoms with van der Waals surface area (Å²) in [6.45, 7) is 4.94. The number of hydrogen-bond acceptors (Lipinski definition) is 3. The van der Waals surface area contributed by atoms with Crippen LogP contribution in [0.2, 0.25) is 0 Å². The van der Waals surface area contributed by atoms with Crippen molar-refractivity contribution in [1.29, 1.82) is 0 Å². The summed E-state index contributed by atoms with van der Waals surface area (Å²) >= 11 is 0. The molecule has 0 amide bonds. The van der Waals surface area contributed by atoms with Crippen molar-refractivity contribution in [3.05, 3.63) is 35.1 Å². The SMILES string of the molecule is CN(CCN1CCCC1)Cc1ccc(F)c(C(=O)O)c1. The summed E-state index contributed by atoms with van der Waals surface area (Å²) in [5.41, 5.74) is 0.572. The van der Waals surface area contributed by atoms with Gasteiger partial charge in [-0.2, -0.15) is 0 Å². The van der Waals surface area contributed by atoms with Crippen LogP contribution in [0.25, 0.3) is 0 Å². The van der Waals surface area contributed by atoms with Crippen LogP contribution in [0, 0.1) is 5.82 Å². The number of carboxylic acids is 1. The van der Waals surface area contributed by atoms with Crippen LogP contribution in [-0.4, -0.2) is 54.1 Å². The number of halogens is 1. The van der Waals surface area contributed by atoms with Crippen molar-refractivity contribution in [2.75, 3.05) is 33.2 Å². The van der Waals surface area contributed by atoms with Gasteiger partial charge in [-0.1, -0.05) is 6.07 Å². The standard InChI is InChI=1S/C15H21FN2O2/c1-17(8-9-18-6-2-3-7-18)11-12-4-5-14(16)13(10-12)15(19)20/h4-5,10H,2-3,6-9,11H2,1H3,(H,19,20). The Labute approximate surface area is 118 Å². The first-order valence-electron chi connectivity index (χ1n) is 6.99. The third-order valence-electron chi connectivity index (χ3n) is 3.71. The molecule has 1 fully saturated rings. The summed E-state index contributed by atoms with van der Waals surface area (Å²) in [6.07, 6.45) is 2.56. The highest BCUT2D eigenvalue weighted by atomic mass is 19.1. The number of likely N-dealkylation sites (tertiary alicyclic amines) is 1. The number of aromatic carboxylic acids is 1. The smallest absolute Gasteiger partial charge is 0.338 e. The second kappa shape index (κ2) is 6.81. The summed E-state index contributed by atoms with van der Waals surface area (Å²) in [6, 6.07) is 4.30. The Bertz CT molecular complexity index is 473. The Hall–Kier alpha value is -1.46. The number of likely N-dealkylation sites (N-methyl/N-ethyl adjacent to an activating group) is 1. The lowest BCUT2D eigenvalue weighted by molar-refractivity contribution is 0.0691. The van der Waals surface area contributed by atoms with Gasteiger partial charge in [0.1, 0.15) is 5.82 Å². The van der Waals surface area contributed by atoms with Gasteiger partial charge in [-0.25, -0.2) is 9.18 Å². The van der Waals surface area contributed by atoms with E-state index >= 15 is 0 Å². The molecule has 20 heavy (non-hydrogen) atoms. The van der Waals surface area contributed by atoms with Crippen molar-refractivity contribution in [2.24, 2.45) is 0 Å². The molecule has 1 aromatic rings. The molecule has 0 spiro atoms. The third-order valence-corrected chi connectivity index (χ3v) is 3.71. The van der Waals surface area contributed by atoms with E-state index in [0.717, 1.165) is 18.7 Å². The van der Waals surface area contributed by atoms with E-state index in [9.17, 15) is 9.18 Å². The number of hydrogen-bond donors (Lipinski definition) is 1. The highest BCUT2D eigenvalue weighted by Crippen LogP contribution is 2.13. The molecular formula is C15H21FN2O2. The molecule has 0 radical (unpaired) electrons. The summed E-state index contributed by atoms with van der Waals surface area (Å²) in [7, 11) is 2.00. The summed E-state index contributed by atoms with van der Waals surface area (Å²) < 4.78 is 13.3. The number of carbonyl (C=O) groups is 1. The maximum atomic E-state index is 13.3. The first-order chi connectivity index (χ1) is 9.56. The van der Waals surface area contributed by atoms with Gasteiger partial charge >= 0.3 is 5.97 Å². The fourth-order valence-corrected chi connectivity index (χ4v) is 2.54. The van der Waals surface area contributed by atoms with E-state index < -0.39 is 11.8 Å². The van der Waals surface area contributed by atoms with Crippen molar-refractivity contribution < 1.29 is 14.3 Å². The lowest BCUT2D eigenvalue weighted by Crippen LogP contribution is -2.31. The maximum absolute atomic E-state index is 13.3. The quantitative estimate of drug-likeness (QED) is 0.866. The van der Waals surface area contributed by atoms with Gasteiger partial charge < -0.3 is 14.9 Å². The van der Waals surface area contributed by atoms with E-state index in [1.54, 1.807) is 6.07 Å². The van der Waals surface area contributed by atoms with Gasteiger partial charge in [-0.15, -0.1) is 0 Å². The molecule has 4 nitrogen and oxygen atoms in total. The Morgan fingerprint density at radius 2 is 2.10 bits per heavy atom. The highest BCUT2D eigenvalue weighted by Gasteiger charge is 2.13. The summed E-state index contributed by atoms with van der Waals surface area (Å²) in [5, 5.41) is 8.91. The fraction of sp³-hybridized carbons (Fsp3) is 0.533. The van der Waals surface area contributed by atoms with Crippen molar-refractivity contribution in [2.45, 2.75) is 19.4 Å². The van der Waals surface area contributed by atoms with Crippen LogP contribution >= 0.6 is 0 Å². The topological polar surface area (TPSA) is 43.8 Å². The molecular weight excluding hydrogens is 259 g/mol. The van der Waals surface area contributed by atoms with Gasteiger partial charge in [0.2, 0.25) is 0 Å². The van der Waals surface area contributed by atoms with Gasteiger partial charge in [0.05, 0.1) is 5.56 Å². The van der Waals surface area contributed by atoms with E-state index in [1.807, 2.05) is 7.05 Å². The van der Waals surface area contributed by atoms with Gasteiger partial charge in [-0.05, 0) is 50.7 Å². The average Bonchev–Trinajstić information content (AvgIpc) is 2.91. The van der Waals surface area contributed by atoms with E-state index in [4.69, 9.17) is 5.11 Å². The first kappa shape index (κ1) is 14.9. The summed E-state index contributed by atoms with van der Waals surface area (Å²) in [4.78, 5) is 15.5. The number of benzene rings is 1. The molecule has 0 saturated carbocycles. The minimum Gasteiger partial charge on any atom is -0.478 e. The number of nitrogens with zero attached hydrogens (tertiary/aromatic N) is 2. The second-order valence-corrected chi connectivity index (χ2v) is 5.41. The maximum Gasteiger partial charge on any atom is 0.338 e. The van der Waals surface area contributed by atoms with Crippen LogP contribution in [0.1, 0.15) is 28.8 Å². The van der Waals surface area contributed by atoms with Gasteiger partial charge in [0.25, 0.3) is 0 Å². The van der Waals surface area contributed by atoms with Crippen LogP contribution < -0.4 is 0 Å². The Morgan fingerprint density at radius 3 is 2.75 bits per heavy atom. The molecule has 1 saturated heterocycles. The molecule has 0 aliphatic carbocycles. The second-order valence-electron chi connectivity index (χ2n) is 5.41. The minimum atomic E-state index is -1.22. The molecule has 1 aromatic carbocycles. The molecule has 110 valence electrons. The highest BCUT2D eigenvalue weighted by molar-refractivity contribution is 5.88. The van der Waals surface area contributed by atoms with E-state index in [-0.39, 0.29) is 5.56 Å². The predicted octanol–water partition coefficient (Wildman–Crippen LogP) is 2.05. The Balaban J connectivity index is 1.88. The zero-order valence-electron chi connectivity index (χ0n) is 11.8. The molecule has 0 aromatic heterocycles. The molecule has 0 unspecified atom stereocenters. The Kier molecular flexibility index (Phi) is 5.09. The van der Waals surface area contributed by atoms with Crippen molar-refractivity contribution in [3.63, 3.8) is 0 Å². The van der Waals surface area contributed by atoms with Gasteiger partial charge in [0.15, 0.2) is 0 Å². The lowest BCUT2D eigenvalue weighted by atomic mass is 10.1. The first-order valence-corrected chi connectivity index (χ1v) is 6.99.